The van der Waals surface area contributed by atoms with Gasteiger partial charge in [-0.1, -0.05) is 55.9 Å². The average Bonchev–Trinajstić information content (AvgIpc) is 2.92. The SMILES string of the molecule is CC(C)CN=C1NC(=O)[C@H](CC(=O)Nc2ccc3ccccc3c2)S1. The second kappa shape index (κ2) is 7.70. The van der Waals surface area contributed by atoms with Crippen LogP contribution in [0.3, 0.4) is 0 Å². The number of amidine groups is 1. The van der Waals surface area contributed by atoms with E-state index in [1.165, 1.54) is 11.8 Å². The molecule has 2 aromatic carbocycles. The lowest BCUT2D eigenvalue weighted by molar-refractivity contribution is -0.122. The number of thioether (sulfide) groups is 1. The summed E-state index contributed by atoms with van der Waals surface area (Å²) in [7, 11) is 0. The molecule has 6 heteroatoms. The molecule has 0 bridgehead atoms. The van der Waals surface area contributed by atoms with Crippen LogP contribution in [0.1, 0.15) is 20.3 Å². The van der Waals surface area contributed by atoms with Gasteiger partial charge in [0.25, 0.3) is 0 Å². The van der Waals surface area contributed by atoms with Crippen molar-refractivity contribution in [2.45, 2.75) is 25.5 Å². The fraction of sp³-hybridized carbons (Fsp3) is 0.316. The lowest BCUT2D eigenvalue weighted by atomic mass is 10.1. The number of amides is 2. The zero-order valence-electron chi connectivity index (χ0n) is 14.3. The fourth-order valence-corrected chi connectivity index (χ4v) is 3.51. The third-order valence-electron chi connectivity index (χ3n) is 3.78. The molecular formula is C19H21N3O2S. The molecule has 0 aromatic heterocycles. The fourth-order valence-electron chi connectivity index (χ4n) is 2.53. The largest absolute Gasteiger partial charge is 0.326 e. The summed E-state index contributed by atoms with van der Waals surface area (Å²) in [5.41, 5.74) is 0.737. The lowest BCUT2D eigenvalue weighted by Crippen LogP contribution is -2.28. The molecule has 0 radical (unpaired) electrons. The molecule has 1 fully saturated rings. The van der Waals surface area contributed by atoms with E-state index in [1.54, 1.807) is 0 Å². The van der Waals surface area contributed by atoms with Crippen LogP contribution in [0.4, 0.5) is 5.69 Å². The van der Waals surface area contributed by atoms with Crippen molar-refractivity contribution in [2.75, 3.05) is 11.9 Å². The molecular weight excluding hydrogens is 334 g/mol. The van der Waals surface area contributed by atoms with Crippen molar-refractivity contribution < 1.29 is 9.59 Å². The molecule has 2 amide bonds. The minimum absolute atomic E-state index is 0.129. The smallest absolute Gasteiger partial charge is 0.240 e. The quantitative estimate of drug-likeness (QED) is 0.863. The topological polar surface area (TPSA) is 70.6 Å². The Morgan fingerprint density at radius 3 is 2.76 bits per heavy atom. The summed E-state index contributed by atoms with van der Waals surface area (Å²) in [6.45, 7) is 4.80. The summed E-state index contributed by atoms with van der Waals surface area (Å²) in [6.07, 6.45) is 0.129. The van der Waals surface area contributed by atoms with Gasteiger partial charge in [0.1, 0.15) is 5.25 Å². The van der Waals surface area contributed by atoms with Crippen LogP contribution in [-0.2, 0) is 9.59 Å². The number of aliphatic imine (C=N–C) groups is 1. The van der Waals surface area contributed by atoms with E-state index >= 15 is 0 Å². The maximum Gasteiger partial charge on any atom is 0.240 e. The predicted octanol–water partition coefficient (Wildman–Crippen LogP) is 3.41. The molecule has 1 aliphatic heterocycles. The molecule has 0 saturated carbocycles. The van der Waals surface area contributed by atoms with E-state index in [2.05, 4.69) is 29.5 Å². The number of nitrogens with one attached hydrogen (secondary N) is 2. The van der Waals surface area contributed by atoms with Gasteiger partial charge in [-0.3, -0.25) is 14.6 Å². The van der Waals surface area contributed by atoms with E-state index in [0.29, 0.717) is 17.6 Å². The first-order valence-electron chi connectivity index (χ1n) is 8.32. The third kappa shape index (κ3) is 4.60. The first-order chi connectivity index (χ1) is 12.0. The van der Waals surface area contributed by atoms with Gasteiger partial charge in [-0.2, -0.15) is 0 Å². The number of benzene rings is 2. The van der Waals surface area contributed by atoms with Gasteiger partial charge < -0.3 is 10.6 Å². The Bertz CT molecular complexity index is 832. The number of anilines is 1. The van der Waals surface area contributed by atoms with E-state index in [9.17, 15) is 9.59 Å². The zero-order chi connectivity index (χ0) is 17.8. The summed E-state index contributed by atoms with van der Waals surface area (Å²) < 4.78 is 0. The zero-order valence-corrected chi connectivity index (χ0v) is 15.1. The molecule has 0 unspecified atom stereocenters. The van der Waals surface area contributed by atoms with Gasteiger partial charge in [0, 0.05) is 18.7 Å². The second-order valence-corrected chi connectivity index (χ2v) is 7.64. The first-order valence-corrected chi connectivity index (χ1v) is 9.20. The number of hydrogen-bond acceptors (Lipinski definition) is 4. The second-order valence-electron chi connectivity index (χ2n) is 6.45. The van der Waals surface area contributed by atoms with Gasteiger partial charge in [-0.25, -0.2) is 0 Å². The van der Waals surface area contributed by atoms with Crippen LogP contribution < -0.4 is 10.6 Å². The maximum atomic E-state index is 12.3. The van der Waals surface area contributed by atoms with Gasteiger partial charge in [-0.15, -0.1) is 0 Å². The van der Waals surface area contributed by atoms with Crippen LogP contribution in [0.25, 0.3) is 10.8 Å². The van der Waals surface area contributed by atoms with Crippen molar-refractivity contribution in [3.05, 3.63) is 42.5 Å². The summed E-state index contributed by atoms with van der Waals surface area (Å²) in [4.78, 5) is 28.6. The monoisotopic (exact) mass is 355 g/mol. The van der Waals surface area contributed by atoms with Crippen LogP contribution in [0.5, 0.6) is 0 Å². The Morgan fingerprint density at radius 2 is 2.00 bits per heavy atom. The number of hydrogen-bond donors (Lipinski definition) is 2. The molecule has 0 spiro atoms. The van der Waals surface area contributed by atoms with E-state index in [1.807, 2.05) is 42.5 Å². The van der Waals surface area contributed by atoms with Crippen LogP contribution in [0.2, 0.25) is 0 Å². The highest BCUT2D eigenvalue weighted by molar-refractivity contribution is 8.15. The van der Waals surface area contributed by atoms with Crippen molar-refractivity contribution in [1.82, 2.24) is 5.32 Å². The minimum Gasteiger partial charge on any atom is -0.326 e. The molecule has 1 saturated heterocycles. The number of carbonyl (C=O) groups excluding carboxylic acids is 2. The highest BCUT2D eigenvalue weighted by Gasteiger charge is 2.31. The molecule has 1 aliphatic rings. The molecule has 2 N–H and O–H groups in total. The van der Waals surface area contributed by atoms with Crippen molar-refractivity contribution in [2.24, 2.45) is 10.9 Å². The van der Waals surface area contributed by atoms with Crippen LogP contribution in [0, 0.1) is 5.92 Å². The number of carbonyl (C=O) groups is 2. The molecule has 1 atom stereocenters. The number of nitrogens with zero attached hydrogens (tertiary/aromatic N) is 1. The van der Waals surface area contributed by atoms with Gasteiger partial charge >= 0.3 is 0 Å². The van der Waals surface area contributed by atoms with Gasteiger partial charge in [0.05, 0.1) is 0 Å². The maximum absolute atomic E-state index is 12.3. The Hall–Kier alpha value is -2.34. The van der Waals surface area contributed by atoms with E-state index in [0.717, 1.165) is 16.5 Å². The highest BCUT2D eigenvalue weighted by Crippen LogP contribution is 2.24. The molecule has 3 rings (SSSR count). The Labute approximate surface area is 151 Å². The minimum atomic E-state index is -0.425. The van der Waals surface area contributed by atoms with Crippen LogP contribution in [0.15, 0.2) is 47.5 Å². The predicted molar refractivity (Wildman–Crippen MR) is 104 cm³/mol. The Morgan fingerprint density at radius 1 is 1.24 bits per heavy atom. The third-order valence-corrected chi connectivity index (χ3v) is 4.90. The van der Waals surface area contributed by atoms with Crippen molar-refractivity contribution in [1.29, 1.82) is 0 Å². The van der Waals surface area contributed by atoms with Gasteiger partial charge in [0.2, 0.25) is 11.8 Å². The van der Waals surface area contributed by atoms with Crippen LogP contribution in [-0.4, -0.2) is 28.8 Å². The lowest BCUT2D eigenvalue weighted by Gasteiger charge is -2.08. The molecule has 1 heterocycles. The summed E-state index contributed by atoms with van der Waals surface area (Å²) in [5, 5.41) is 8.00. The van der Waals surface area contributed by atoms with E-state index < -0.39 is 5.25 Å². The molecule has 25 heavy (non-hydrogen) atoms. The summed E-state index contributed by atoms with van der Waals surface area (Å²) in [6, 6.07) is 13.8. The van der Waals surface area contributed by atoms with E-state index in [-0.39, 0.29) is 18.2 Å². The van der Waals surface area contributed by atoms with Gasteiger partial charge in [-0.05, 0) is 28.8 Å². The number of fused-ring (bicyclic) bond motifs is 1. The summed E-state index contributed by atoms with van der Waals surface area (Å²) in [5.74, 6) is 0.106. The highest BCUT2D eigenvalue weighted by atomic mass is 32.2. The van der Waals surface area contributed by atoms with E-state index in [4.69, 9.17) is 0 Å². The standard InChI is InChI=1S/C19H21N3O2S/c1-12(2)11-20-19-22-18(24)16(25-19)10-17(23)21-15-8-7-13-5-3-4-6-14(13)9-15/h3-9,12,16H,10-11H2,1-2H3,(H,21,23)(H,20,22,24)/t16-/m0/s1. The molecule has 130 valence electrons. The normalized spacial score (nSPS) is 18.8. The number of rotatable bonds is 5. The molecule has 5 nitrogen and oxygen atoms in total. The molecule has 0 aliphatic carbocycles. The van der Waals surface area contributed by atoms with Crippen molar-refractivity contribution >= 4 is 45.2 Å². The first kappa shape index (κ1) is 17.5. The van der Waals surface area contributed by atoms with Crippen LogP contribution >= 0.6 is 11.8 Å². The van der Waals surface area contributed by atoms with Crippen molar-refractivity contribution in [3.63, 3.8) is 0 Å². The average molecular weight is 355 g/mol. The Balaban J connectivity index is 1.60. The van der Waals surface area contributed by atoms with Crippen molar-refractivity contribution in [3.8, 4) is 0 Å². The van der Waals surface area contributed by atoms with Gasteiger partial charge in [0.15, 0.2) is 5.17 Å². The molecule has 2 aromatic rings. The Kier molecular flexibility index (Phi) is 5.38. The summed E-state index contributed by atoms with van der Waals surface area (Å²) >= 11 is 1.33.